The Balaban J connectivity index is 1.77. The summed E-state index contributed by atoms with van der Waals surface area (Å²) in [4.78, 5) is 0.274. The molecule has 0 amide bonds. The number of hydrogen-bond acceptors (Lipinski definition) is 4. The maximum Gasteiger partial charge on any atom is 0.244 e. The maximum atomic E-state index is 12.4. The Morgan fingerprint density at radius 3 is 2.42 bits per heavy atom. The fourth-order valence-corrected chi connectivity index (χ4v) is 4.81. The summed E-state index contributed by atoms with van der Waals surface area (Å²) in [5.41, 5.74) is 0. The van der Waals surface area contributed by atoms with Gasteiger partial charge in [0.1, 0.15) is 16.4 Å². The third kappa shape index (κ3) is 2.57. The Morgan fingerprint density at radius 2 is 1.89 bits per heavy atom. The Hall–Kier alpha value is -0.850. The van der Waals surface area contributed by atoms with Gasteiger partial charge in [0.15, 0.2) is 0 Å². The number of fused-ring (bicyclic) bond motifs is 2. The number of hydrogen-bond donors (Lipinski definition) is 2. The summed E-state index contributed by atoms with van der Waals surface area (Å²) in [5, 5.41) is 3.51. The van der Waals surface area contributed by atoms with Gasteiger partial charge in [-0.15, -0.1) is 0 Å². The molecule has 1 aromatic rings. The molecule has 3 rings (SSSR count). The Labute approximate surface area is 113 Å². The minimum atomic E-state index is -3.46. The first-order valence-corrected chi connectivity index (χ1v) is 8.28. The van der Waals surface area contributed by atoms with Gasteiger partial charge in [-0.3, -0.25) is 0 Å². The van der Waals surface area contributed by atoms with Crippen LogP contribution in [0.5, 0.6) is 0 Å². The third-order valence-electron chi connectivity index (χ3n) is 4.08. The van der Waals surface area contributed by atoms with Gasteiger partial charge in [0.05, 0.1) is 0 Å². The third-order valence-corrected chi connectivity index (χ3v) is 5.71. The monoisotopic (exact) mass is 284 g/mol. The van der Waals surface area contributed by atoms with E-state index < -0.39 is 10.0 Å². The lowest BCUT2D eigenvalue weighted by molar-refractivity contribution is 0.345. The summed E-state index contributed by atoms with van der Waals surface area (Å²) in [6.45, 7) is 3.45. The molecule has 0 aromatic carbocycles. The number of rotatable bonds is 3. The lowest BCUT2D eigenvalue weighted by Crippen LogP contribution is -2.47. The van der Waals surface area contributed by atoms with Crippen molar-refractivity contribution in [2.24, 2.45) is 0 Å². The quantitative estimate of drug-likeness (QED) is 0.881. The molecule has 2 atom stereocenters. The minimum Gasteiger partial charge on any atom is -0.465 e. The molecular weight excluding hydrogens is 264 g/mol. The second-order valence-corrected chi connectivity index (χ2v) is 7.39. The highest BCUT2D eigenvalue weighted by molar-refractivity contribution is 7.89. The number of nitrogens with one attached hydrogen (secondary N) is 2. The molecule has 0 radical (unpaired) electrons. The summed E-state index contributed by atoms with van der Waals surface area (Å²) >= 11 is 0. The Bertz CT molecular complexity index is 567. The molecule has 2 unspecified atom stereocenters. The fraction of sp³-hybridized carbons (Fsp3) is 0.692. The average molecular weight is 284 g/mol. The zero-order valence-electron chi connectivity index (χ0n) is 11.3. The van der Waals surface area contributed by atoms with Gasteiger partial charge in [0.2, 0.25) is 10.0 Å². The maximum absolute atomic E-state index is 12.4. The number of sulfonamides is 1. The van der Waals surface area contributed by atoms with Crippen LogP contribution in [0.4, 0.5) is 0 Å². The molecule has 0 saturated carbocycles. The summed E-state index contributed by atoms with van der Waals surface area (Å²) in [5.74, 6) is 1.09. The molecule has 1 aromatic heterocycles. The van der Waals surface area contributed by atoms with Gasteiger partial charge < -0.3 is 9.73 Å². The molecule has 2 bridgehead atoms. The Morgan fingerprint density at radius 1 is 1.26 bits per heavy atom. The average Bonchev–Trinajstić information content (AvgIpc) is 2.81. The second-order valence-electron chi connectivity index (χ2n) is 5.70. The molecule has 5 nitrogen and oxygen atoms in total. The van der Waals surface area contributed by atoms with E-state index in [1.807, 2.05) is 0 Å². The lowest BCUT2D eigenvalue weighted by Gasteiger charge is -2.29. The van der Waals surface area contributed by atoms with Crippen molar-refractivity contribution in [1.29, 1.82) is 0 Å². The first kappa shape index (κ1) is 13.1. The van der Waals surface area contributed by atoms with Gasteiger partial charge in [0.25, 0.3) is 0 Å². The first-order chi connectivity index (χ1) is 8.94. The van der Waals surface area contributed by atoms with E-state index in [9.17, 15) is 8.42 Å². The highest BCUT2D eigenvalue weighted by Gasteiger charge is 2.35. The molecule has 19 heavy (non-hydrogen) atoms. The number of furan rings is 1. The van der Waals surface area contributed by atoms with Crippen molar-refractivity contribution in [3.63, 3.8) is 0 Å². The van der Waals surface area contributed by atoms with E-state index >= 15 is 0 Å². The van der Waals surface area contributed by atoms with Crippen LogP contribution in [0.2, 0.25) is 0 Å². The van der Waals surface area contributed by atoms with Crippen molar-refractivity contribution in [2.75, 3.05) is 0 Å². The van der Waals surface area contributed by atoms with Crippen molar-refractivity contribution >= 4 is 10.0 Å². The summed E-state index contributed by atoms with van der Waals surface area (Å²) in [6.07, 6.45) is 4.08. The normalized spacial score (nSPS) is 30.7. The zero-order valence-corrected chi connectivity index (χ0v) is 12.1. The van der Waals surface area contributed by atoms with E-state index in [1.54, 1.807) is 19.9 Å². The van der Waals surface area contributed by atoms with E-state index in [-0.39, 0.29) is 10.9 Å². The number of piperidine rings is 1. The standard InChI is InChI=1S/C13H20N2O3S/c1-8-5-13(9(2)18-8)19(16,17)15-12-6-10-3-4-11(7-12)14-10/h5,10-12,14-15H,3-4,6-7H2,1-2H3. The smallest absolute Gasteiger partial charge is 0.244 e. The van der Waals surface area contributed by atoms with Crippen molar-refractivity contribution in [3.05, 3.63) is 17.6 Å². The van der Waals surface area contributed by atoms with Crippen molar-refractivity contribution in [3.8, 4) is 0 Å². The van der Waals surface area contributed by atoms with Crippen LogP contribution < -0.4 is 10.0 Å². The first-order valence-electron chi connectivity index (χ1n) is 6.79. The molecule has 6 heteroatoms. The molecule has 2 saturated heterocycles. The van der Waals surface area contributed by atoms with Crippen LogP contribution in [0, 0.1) is 13.8 Å². The molecule has 3 heterocycles. The van der Waals surface area contributed by atoms with Gasteiger partial charge in [-0.25, -0.2) is 13.1 Å². The molecule has 106 valence electrons. The van der Waals surface area contributed by atoms with E-state index in [0.717, 1.165) is 25.7 Å². The predicted octanol–water partition coefficient (Wildman–Crippen LogP) is 1.46. The largest absolute Gasteiger partial charge is 0.465 e. The molecule has 0 aliphatic carbocycles. The van der Waals surface area contributed by atoms with Crippen molar-refractivity contribution in [1.82, 2.24) is 10.0 Å². The van der Waals surface area contributed by atoms with Crippen molar-refractivity contribution in [2.45, 2.75) is 62.6 Å². The van der Waals surface area contributed by atoms with Gasteiger partial charge >= 0.3 is 0 Å². The molecule has 2 N–H and O–H groups in total. The van der Waals surface area contributed by atoms with E-state index in [2.05, 4.69) is 10.0 Å². The molecule has 2 fully saturated rings. The van der Waals surface area contributed by atoms with Gasteiger partial charge in [-0.05, 0) is 45.6 Å². The van der Waals surface area contributed by atoms with Gasteiger partial charge in [0, 0.05) is 18.1 Å². The summed E-state index contributed by atoms with van der Waals surface area (Å²) in [6, 6.07) is 2.57. The Kier molecular flexibility index (Phi) is 3.19. The van der Waals surface area contributed by atoms with Crippen LogP contribution in [-0.2, 0) is 10.0 Å². The fourth-order valence-electron chi connectivity index (χ4n) is 3.31. The second kappa shape index (κ2) is 4.61. The van der Waals surface area contributed by atoms with Crippen LogP contribution in [0.3, 0.4) is 0 Å². The summed E-state index contributed by atoms with van der Waals surface area (Å²) in [7, 11) is -3.46. The lowest BCUT2D eigenvalue weighted by atomic mass is 10.0. The SMILES string of the molecule is Cc1cc(S(=O)(=O)NC2CC3CCC(C2)N3)c(C)o1. The van der Waals surface area contributed by atoms with Crippen LogP contribution in [-0.4, -0.2) is 26.5 Å². The van der Waals surface area contributed by atoms with Crippen LogP contribution >= 0.6 is 0 Å². The molecular formula is C13H20N2O3S. The van der Waals surface area contributed by atoms with E-state index in [0.29, 0.717) is 23.6 Å². The van der Waals surface area contributed by atoms with Crippen molar-refractivity contribution < 1.29 is 12.8 Å². The van der Waals surface area contributed by atoms with Crippen LogP contribution in [0.1, 0.15) is 37.2 Å². The van der Waals surface area contributed by atoms with E-state index in [4.69, 9.17) is 4.42 Å². The highest BCUT2D eigenvalue weighted by atomic mass is 32.2. The van der Waals surface area contributed by atoms with Gasteiger partial charge in [-0.1, -0.05) is 0 Å². The van der Waals surface area contributed by atoms with Gasteiger partial charge in [-0.2, -0.15) is 0 Å². The number of aryl methyl sites for hydroxylation is 2. The summed E-state index contributed by atoms with van der Waals surface area (Å²) < 4.78 is 32.9. The topological polar surface area (TPSA) is 71.3 Å². The van der Waals surface area contributed by atoms with Crippen LogP contribution in [0.25, 0.3) is 0 Å². The van der Waals surface area contributed by atoms with Crippen LogP contribution in [0.15, 0.2) is 15.4 Å². The van der Waals surface area contributed by atoms with E-state index in [1.165, 1.54) is 0 Å². The minimum absolute atomic E-state index is 0.0401. The predicted molar refractivity (Wildman–Crippen MR) is 71.5 cm³/mol. The highest BCUT2D eigenvalue weighted by Crippen LogP contribution is 2.28. The molecule has 2 aliphatic rings. The molecule has 2 aliphatic heterocycles. The molecule has 0 spiro atoms. The zero-order chi connectivity index (χ0) is 13.6.